The fraction of sp³-hybridized carbons (Fsp3) is 0.600. The van der Waals surface area contributed by atoms with Crippen LogP contribution in [0.1, 0.15) is 31.2 Å². The molecule has 3 nitrogen and oxygen atoms in total. The number of piperidine rings is 1. The molecule has 0 aliphatic carbocycles. The number of nitrogens with two attached hydrogens (primary N) is 1. The maximum atomic E-state index is 12.8. The molecule has 0 aromatic carbocycles. The van der Waals surface area contributed by atoms with Crippen molar-refractivity contribution in [2.45, 2.75) is 49.4 Å². The Bertz CT molecular complexity index is 608. The van der Waals surface area contributed by atoms with Crippen LogP contribution < -0.4 is 5.73 Å². The molecule has 2 aliphatic heterocycles. The van der Waals surface area contributed by atoms with Gasteiger partial charge in [0.05, 0.1) is 11.5 Å². The zero-order valence-electron chi connectivity index (χ0n) is 12.3. The number of aromatic nitrogens is 1. The van der Waals surface area contributed by atoms with Crippen LogP contribution in [0.5, 0.6) is 0 Å². The molecule has 3 heterocycles. The van der Waals surface area contributed by atoms with Gasteiger partial charge in [-0.25, -0.2) is 0 Å². The first-order valence-electron chi connectivity index (χ1n) is 7.45. The lowest BCUT2D eigenvalue weighted by Crippen LogP contribution is -2.56. The first-order valence-corrected chi connectivity index (χ1v) is 8.65. The summed E-state index contributed by atoms with van der Waals surface area (Å²) in [6, 6.07) is 1.64. The molecule has 0 radical (unpaired) electrons. The monoisotopic (exact) mass is 407 g/mol. The van der Waals surface area contributed by atoms with Crippen LogP contribution in [-0.4, -0.2) is 39.7 Å². The van der Waals surface area contributed by atoms with E-state index in [2.05, 4.69) is 20.9 Å². The van der Waals surface area contributed by atoms with E-state index >= 15 is 0 Å². The van der Waals surface area contributed by atoms with Gasteiger partial charge in [0.15, 0.2) is 0 Å². The van der Waals surface area contributed by atoms with E-state index in [0.717, 1.165) is 22.9 Å². The smallest absolute Gasteiger partial charge is 0.393 e. The van der Waals surface area contributed by atoms with Gasteiger partial charge in [-0.2, -0.15) is 13.2 Å². The minimum absolute atomic E-state index is 0.143. The van der Waals surface area contributed by atoms with Crippen molar-refractivity contribution in [2.24, 2.45) is 5.73 Å². The second-order valence-electron chi connectivity index (χ2n) is 6.42. The Balaban J connectivity index is 1.93. The Morgan fingerprint density at radius 2 is 1.96 bits per heavy atom. The first-order chi connectivity index (χ1) is 10.7. The maximum absolute atomic E-state index is 12.8. The number of nitrogens with zero attached hydrogens (tertiary/aromatic N) is 2. The van der Waals surface area contributed by atoms with Crippen molar-refractivity contribution in [1.82, 2.24) is 9.88 Å². The maximum Gasteiger partial charge on any atom is 0.401 e. The molecule has 2 fully saturated rings. The summed E-state index contributed by atoms with van der Waals surface area (Å²) in [4.78, 5) is 6.11. The molecule has 23 heavy (non-hydrogen) atoms. The third-order valence-corrected chi connectivity index (χ3v) is 5.85. The molecule has 0 spiro atoms. The normalized spacial score (nSPS) is 31.3. The Morgan fingerprint density at radius 1 is 1.35 bits per heavy atom. The Labute approximate surface area is 146 Å². The van der Waals surface area contributed by atoms with E-state index in [-0.39, 0.29) is 12.1 Å². The summed E-state index contributed by atoms with van der Waals surface area (Å²) >= 11 is 8.72. The van der Waals surface area contributed by atoms with Crippen LogP contribution in [0.15, 0.2) is 22.9 Å². The summed E-state index contributed by atoms with van der Waals surface area (Å²) < 4.78 is 39.3. The summed E-state index contributed by atoms with van der Waals surface area (Å²) in [5.74, 6) is 0. The van der Waals surface area contributed by atoms with Crippen LogP contribution in [0.4, 0.5) is 13.2 Å². The molecule has 2 aliphatic rings. The van der Waals surface area contributed by atoms with Crippen molar-refractivity contribution < 1.29 is 13.2 Å². The zero-order chi connectivity index (χ0) is 16.8. The van der Waals surface area contributed by atoms with Gasteiger partial charge in [-0.05, 0) is 53.2 Å². The van der Waals surface area contributed by atoms with Crippen molar-refractivity contribution in [2.75, 3.05) is 6.54 Å². The van der Waals surface area contributed by atoms with E-state index in [9.17, 15) is 13.2 Å². The van der Waals surface area contributed by atoms with Crippen molar-refractivity contribution >= 4 is 33.1 Å². The number of thiocarbonyl (C=S) groups is 1. The highest BCUT2D eigenvalue weighted by Gasteiger charge is 2.52. The molecule has 1 aromatic rings. The molecule has 8 heteroatoms. The molecule has 3 rings (SSSR count). The quantitative estimate of drug-likeness (QED) is 0.777. The number of fused-ring (bicyclic) bond motifs is 2. The second kappa shape index (κ2) is 5.97. The summed E-state index contributed by atoms with van der Waals surface area (Å²) in [6.07, 6.45) is 1.77. The fourth-order valence-electron chi connectivity index (χ4n) is 4.06. The Kier molecular flexibility index (Phi) is 4.44. The molecular formula is C15H17BrF3N3S. The SMILES string of the molecule is NC(=S)C1(c2cncc(Br)c2)CC2CCC(C1)N2CC(F)(F)F. The van der Waals surface area contributed by atoms with Crippen molar-refractivity contribution in [1.29, 1.82) is 0 Å². The van der Waals surface area contributed by atoms with Crippen LogP contribution in [0.3, 0.4) is 0 Å². The third kappa shape index (κ3) is 3.25. The zero-order valence-corrected chi connectivity index (χ0v) is 14.7. The van der Waals surface area contributed by atoms with Gasteiger partial charge in [-0.3, -0.25) is 9.88 Å². The molecule has 0 saturated carbocycles. The van der Waals surface area contributed by atoms with Crippen molar-refractivity contribution in [3.63, 3.8) is 0 Å². The predicted octanol–water partition coefficient (Wildman–Crippen LogP) is 3.56. The van der Waals surface area contributed by atoms with E-state index in [4.69, 9.17) is 18.0 Å². The standard InChI is InChI=1S/C15H17BrF3N3S/c16-10-3-9(6-21-7-10)14(13(20)23)4-11-1-2-12(5-14)22(11)8-15(17,18)19/h3,6-7,11-12H,1-2,4-5,8H2,(H2,20,23). The lowest BCUT2D eigenvalue weighted by atomic mass is 9.70. The lowest BCUT2D eigenvalue weighted by molar-refractivity contribution is -0.156. The summed E-state index contributed by atoms with van der Waals surface area (Å²) in [5, 5.41) is 0. The van der Waals surface area contributed by atoms with Crippen LogP contribution >= 0.6 is 28.1 Å². The van der Waals surface area contributed by atoms with Gasteiger partial charge in [0.25, 0.3) is 0 Å². The van der Waals surface area contributed by atoms with Crippen molar-refractivity contribution in [3.05, 3.63) is 28.5 Å². The van der Waals surface area contributed by atoms with E-state index < -0.39 is 18.1 Å². The summed E-state index contributed by atoms with van der Waals surface area (Å²) in [5.41, 5.74) is 6.38. The average molecular weight is 408 g/mol. The molecule has 2 atom stereocenters. The summed E-state index contributed by atoms with van der Waals surface area (Å²) in [7, 11) is 0. The highest BCUT2D eigenvalue weighted by molar-refractivity contribution is 9.10. The Hall–Kier alpha value is -0.730. The third-order valence-electron chi connectivity index (χ3n) is 5.03. The molecular weight excluding hydrogens is 391 g/mol. The number of rotatable bonds is 3. The molecule has 2 N–H and O–H groups in total. The summed E-state index contributed by atoms with van der Waals surface area (Å²) in [6.45, 7) is -0.855. The van der Waals surface area contributed by atoms with Crippen LogP contribution in [0.2, 0.25) is 0 Å². The number of hydrogen-bond donors (Lipinski definition) is 1. The molecule has 2 saturated heterocycles. The molecule has 2 unspecified atom stereocenters. The van der Waals surface area contributed by atoms with Gasteiger partial charge in [0, 0.05) is 34.4 Å². The van der Waals surface area contributed by atoms with Gasteiger partial charge in [-0.1, -0.05) is 12.2 Å². The fourth-order valence-corrected chi connectivity index (χ4v) is 4.71. The van der Waals surface area contributed by atoms with Gasteiger partial charge in [0.2, 0.25) is 0 Å². The first kappa shape index (κ1) is 17.1. The van der Waals surface area contributed by atoms with Gasteiger partial charge in [0.1, 0.15) is 0 Å². The van der Waals surface area contributed by atoms with Crippen LogP contribution in [0, 0.1) is 0 Å². The second-order valence-corrected chi connectivity index (χ2v) is 7.77. The molecule has 2 bridgehead atoms. The molecule has 1 aromatic heterocycles. The highest BCUT2D eigenvalue weighted by Crippen LogP contribution is 2.48. The van der Waals surface area contributed by atoms with Crippen molar-refractivity contribution in [3.8, 4) is 0 Å². The van der Waals surface area contributed by atoms with E-state index in [1.54, 1.807) is 17.3 Å². The molecule has 0 amide bonds. The number of halogens is 4. The topological polar surface area (TPSA) is 42.1 Å². The number of pyridine rings is 1. The predicted molar refractivity (Wildman–Crippen MR) is 89.2 cm³/mol. The van der Waals surface area contributed by atoms with Crippen LogP contribution in [0.25, 0.3) is 0 Å². The lowest BCUT2D eigenvalue weighted by Gasteiger charge is -2.46. The van der Waals surface area contributed by atoms with Crippen LogP contribution in [-0.2, 0) is 5.41 Å². The highest BCUT2D eigenvalue weighted by atomic mass is 79.9. The number of hydrogen-bond acceptors (Lipinski definition) is 3. The van der Waals surface area contributed by atoms with E-state index in [1.807, 2.05) is 6.07 Å². The van der Waals surface area contributed by atoms with Gasteiger partial charge in [-0.15, -0.1) is 0 Å². The largest absolute Gasteiger partial charge is 0.401 e. The van der Waals surface area contributed by atoms with E-state index in [1.165, 1.54) is 0 Å². The van der Waals surface area contributed by atoms with E-state index in [0.29, 0.717) is 17.8 Å². The number of alkyl halides is 3. The van der Waals surface area contributed by atoms with Gasteiger partial charge < -0.3 is 5.73 Å². The molecule has 126 valence electrons. The van der Waals surface area contributed by atoms with Gasteiger partial charge >= 0.3 is 6.18 Å². The Morgan fingerprint density at radius 3 is 2.43 bits per heavy atom. The minimum Gasteiger partial charge on any atom is -0.393 e. The minimum atomic E-state index is -4.18. The average Bonchev–Trinajstić information content (AvgIpc) is 2.69.